The Labute approximate surface area is 163 Å². The van der Waals surface area contributed by atoms with E-state index < -0.39 is 5.54 Å². The molecule has 0 bridgehead atoms. The third-order valence-corrected chi connectivity index (χ3v) is 5.63. The van der Waals surface area contributed by atoms with Crippen molar-refractivity contribution in [2.45, 2.75) is 43.8 Å². The molecule has 8 heteroatoms. The van der Waals surface area contributed by atoms with Gasteiger partial charge in [0.05, 0.1) is 6.20 Å². The van der Waals surface area contributed by atoms with Crippen molar-refractivity contribution in [3.63, 3.8) is 0 Å². The maximum absolute atomic E-state index is 13.2. The number of hydrogen-bond donors (Lipinski definition) is 2. The molecule has 2 N–H and O–H groups in total. The summed E-state index contributed by atoms with van der Waals surface area (Å²) >= 11 is 0. The summed E-state index contributed by atoms with van der Waals surface area (Å²) in [5.74, 6) is -0.212. The monoisotopic (exact) mass is 380 g/mol. The van der Waals surface area contributed by atoms with E-state index in [2.05, 4.69) is 30.5 Å². The smallest absolute Gasteiger partial charge is 0.271 e. The second kappa shape index (κ2) is 8.02. The molecule has 2 aliphatic rings. The minimum Gasteiger partial charge on any atom is -0.350 e. The minimum absolute atomic E-state index is 0.0345. The van der Waals surface area contributed by atoms with Crippen LogP contribution in [0.1, 0.15) is 41.7 Å². The van der Waals surface area contributed by atoms with Gasteiger partial charge < -0.3 is 10.6 Å². The number of nitrogens with zero attached hydrogens (tertiary/aromatic N) is 4. The highest BCUT2D eigenvalue weighted by atomic mass is 16.2. The van der Waals surface area contributed by atoms with E-state index in [4.69, 9.17) is 0 Å². The molecular formula is C20H24N6O2. The van der Waals surface area contributed by atoms with E-state index in [0.29, 0.717) is 25.2 Å². The molecule has 2 aromatic heterocycles. The van der Waals surface area contributed by atoms with Gasteiger partial charge in [-0.15, -0.1) is 0 Å². The zero-order valence-corrected chi connectivity index (χ0v) is 15.7. The van der Waals surface area contributed by atoms with Crippen LogP contribution in [0.3, 0.4) is 0 Å². The molecule has 0 aromatic carbocycles. The second-order valence-electron chi connectivity index (χ2n) is 7.44. The summed E-state index contributed by atoms with van der Waals surface area (Å²) in [6.45, 7) is 2.00. The van der Waals surface area contributed by atoms with E-state index in [1.807, 2.05) is 12.1 Å². The van der Waals surface area contributed by atoms with Crippen LogP contribution in [0.4, 0.5) is 0 Å². The van der Waals surface area contributed by atoms with Crippen LogP contribution in [0.15, 0.2) is 43.1 Å². The van der Waals surface area contributed by atoms with Gasteiger partial charge >= 0.3 is 0 Å². The van der Waals surface area contributed by atoms with Gasteiger partial charge in [-0.1, -0.05) is 6.07 Å². The van der Waals surface area contributed by atoms with Gasteiger partial charge in [0.15, 0.2) is 0 Å². The van der Waals surface area contributed by atoms with Crippen LogP contribution in [-0.2, 0) is 11.3 Å². The number of pyridine rings is 1. The minimum atomic E-state index is -0.555. The van der Waals surface area contributed by atoms with Gasteiger partial charge in [0.25, 0.3) is 5.91 Å². The van der Waals surface area contributed by atoms with Crippen molar-refractivity contribution in [3.05, 3.63) is 54.4 Å². The van der Waals surface area contributed by atoms with Crippen molar-refractivity contribution in [3.8, 4) is 0 Å². The number of carbonyl (C=O) groups excluding carboxylic acids is 2. The topological polar surface area (TPSA) is 100 Å². The fourth-order valence-corrected chi connectivity index (χ4v) is 4.30. The first-order chi connectivity index (χ1) is 13.7. The number of aromatic nitrogens is 3. The number of fused-ring (bicyclic) bond motifs is 1. The number of piperidine rings is 1. The summed E-state index contributed by atoms with van der Waals surface area (Å²) in [6, 6.07) is 3.72. The van der Waals surface area contributed by atoms with Gasteiger partial charge in [0.2, 0.25) is 5.91 Å². The van der Waals surface area contributed by atoms with Crippen LogP contribution >= 0.6 is 0 Å². The van der Waals surface area contributed by atoms with Gasteiger partial charge in [-0.05, 0) is 43.9 Å². The van der Waals surface area contributed by atoms with E-state index in [1.54, 1.807) is 12.4 Å². The van der Waals surface area contributed by atoms with Crippen LogP contribution in [0.25, 0.3) is 0 Å². The molecule has 2 saturated heterocycles. The van der Waals surface area contributed by atoms with Crippen molar-refractivity contribution >= 4 is 11.8 Å². The Morgan fingerprint density at radius 2 is 2.07 bits per heavy atom. The lowest BCUT2D eigenvalue weighted by atomic mass is 9.84. The Kier molecular flexibility index (Phi) is 5.29. The highest BCUT2D eigenvalue weighted by Gasteiger charge is 2.52. The number of rotatable bonds is 5. The predicted molar refractivity (Wildman–Crippen MR) is 102 cm³/mol. The zero-order chi connectivity index (χ0) is 19.4. The largest absolute Gasteiger partial charge is 0.350 e. The summed E-state index contributed by atoms with van der Waals surface area (Å²) in [5, 5.41) is 6.11. The summed E-state index contributed by atoms with van der Waals surface area (Å²) in [7, 11) is 0. The van der Waals surface area contributed by atoms with Crippen molar-refractivity contribution < 1.29 is 9.59 Å². The van der Waals surface area contributed by atoms with E-state index in [0.717, 1.165) is 31.4 Å². The Balaban J connectivity index is 1.44. The molecule has 8 nitrogen and oxygen atoms in total. The molecule has 2 atom stereocenters. The van der Waals surface area contributed by atoms with E-state index in [9.17, 15) is 9.59 Å². The molecule has 0 saturated carbocycles. The van der Waals surface area contributed by atoms with Gasteiger partial charge in [0, 0.05) is 43.9 Å². The molecule has 2 aromatic rings. The van der Waals surface area contributed by atoms with Gasteiger partial charge in [0.1, 0.15) is 11.2 Å². The molecule has 2 fully saturated rings. The average Bonchev–Trinajstić information content (AvgIpc) is 3.12. The van der Waals surface area contributed by atoms with Crippen LogP contribution in [-0.4, -0.2) is 56.3 Å². The molecule has 0 unspecified atom stereocenters. The van der Waals surface area contributed by atoms with Crippen molar-refractivity contribution in [1.82, 2.24) is 30.5 Å². The number of nitrogens with one attached hydrogen (secondary N) is 2. The lowest BCUT2D eigenvalue weighted by Gasteiger charge is -2.40. The Morgan fingerprint density at radius 1 is 1.18 bits per heavy atom. The molecule has 2 amide bonds. The number of amides is 2. The average molecular weight is 380 g/mol. The first-order valence-corrected chi connectivity index (χ1v) is 9.66. The molecule has 0 spiro atoms. The first-order valence-electron chi connectivity index (χ1n) is 9.66. The maximum atomic E-state index is 13.2. The predicted octanol–water partition coefficient (Wildman–Crippen LogP) is 0.915. The summed E-state index contributed by atoms with van der Waals surface area (Å²) in [4.78, 5) is 39.9. The SMILES string of the molecule is O=C(N[C@@H]1CN2CCCC[C@]2(C(=O)NCc2cccnc2)C1)c1cnccn1. The zero-order valence-electron chi connectivity index (χ0n) is 15.7. The fourth-order valence-electron chi connectivity index (χ4n) is 4.30. The fraction of sp³-hybridized carbons (Fsp3) is 0.450. The van der Waals surface area contributed by atoms with Crippen LogP contribution in [0, 0.1) is 0 Å². The number of hydrogen-bond acceptors (Lipinski definition) is 6. The maximum Gasteiger partial charge on any atom is 0.271 e. The molecule has 4 rings (SSSR count). The van der Waals surface area contributed by atoms with Crippen LogP contribution in [0.2, 0.25) is 0 Å². The molecule has 0 aliphatic carbocycles. The Morgan fingerprint density at radius 3 is 2.86 bits per heavy atom. The lowest BCUT2D eigenvalue weighted by Crippen LogP contribution is -2.57. The Hall–Kier alpha value is -2.87. The molecule has 0 radical (unpaired) electrons. The van der Waals surface area contributed by atoms with Gasteiger partial charge in [-0.3, -0.25) is 24.5 Å². The second-order valence-corrected chi connectivity index (χ2v) is 7.44. The summed E-state index contributed by atoms with van der Waals surface area (Å²) in [6.07, 6.45) is 11.5. The molecular weight excluding hydrogens is 356 g/mol. The van der Waals surface area contributed by atoms with Crippen LogP contribution < -0.4 is 10.6 Å². The highest BCUT2D eigenvalue weighted by molar-refractivity contribution is 5.92. The van der Waals surface area contributed by atoms with Gasteiger partial charge in [-0.2, -0.15) is 0 Å². The van der Waals surface area contributed by atoms with Gasteiger partial charge in [-0.25, -0.2) is 4.98 Å². The quantitative estimate of drug-likeness (QED) is 0.800. The highest BCUT2D eigenvalue weighted by Crippen LogP contribution is 2.38. The third kappa shape index (κ3) is 3.73. The molecule has 4 heterocycles. The number of carbonyl (C=O) groups is 2. The molecule has 28 heavy (non-hydrogen) atoms. The van der Waals surface area contributed by atoms with Crippen LogP contribution in [0.5, 0.6) is 0 Å². The van der Waals surface area contributed by atoms with E-state index >= 15 is 0 Å². The normalized spacial score (nSPS) is 24.4. The summed E-state index contributed by atoms with van der Waals surface area (Å²) in [5.41, 5.74) is 0.711. The third-order valence-electron chi connectivity index (χ3n) is 5.63. The van der Waals surface area contributed by atoms with Crippen molar-refractivity contribution in [2.75, 3.05) is 13.1 Å². The first kappa shape index (κ1) is 18.5. The summed E-state index contributed by atoms with van der Waals surface area (Å²) < 4.78 is 0. The molecule has 2 aliphatic heterocycles. The lowest BCUT2D eigenvalue weighted by molar-refractivity contribution is -0.134. The standard InChI is InChI=1S/C20H24N6O2/c27-18(17-13-22-7-8-23-17)25-16-10-20(5-1-2-9-26(20)14-16)19(28)24-12-15-4-3-6-21-11-15/h3-4,6-8,11,13,16H,1-2,5,9-10,12,14H2,(H,24,28)(H,25,27)/t16-,20+/m0/s1. The molecule has 146 valence electrons. The van der Waals surface area contributed by atoms with E-state index in [1.165, 1.54) is 18.6 Å². The Bertz CT molecular complexity index is 831. The van der Waals surface area contributed by atoms with Crippen molar-refractivity contribution in [1.29, 1.82) is 0 Å². The van der Waals surface area contributed by atoms with Crippen molar-refractivity contribution in [2.24, 2.45) is 0 Å². The van der Waals surface area contributed by atoms with E-state index in [-0.39, 0.29) is 17.9 Å².